The number of thiophene rings is 1. The number of primary amides is 1. The topological polar surface area (TPSA) is 63.4 Å². The molecule has 1 aliphatic rings. The molecule has 1 aromatic carbocycles. The van der Waals surface area contributed by atoms with Gasteiger partial charge in [-0.05, 0) is 48.3 Å². The summed E-state index contributed by atoms with van der Waals surface area (Å²) in [4.78, 5) is 27.8. The smallest absolute Gasteiger partial charge is 0.225 e. The SMILES string of the molecule is CCCC(=O)N1CCCC(Cc2cccc(-c3cccs3)c2)(C(N)=O)C1. The molecule has 3 rings (SSSR count). The minimum atomic E-state index is -0.671. The van der Waals surface area contributed by atoms with Gasteiger partial charge in [-0.15, -0.1) is 11.3 Å². The molecule has 2 heterocycles. The summed E-state index contributed by atoms with van der Waals surface area (Å²) in [6.07, 6.45) is 3.49. The van der Waals surface area contributed by atoms with Gasteiger partial charge < -0.3 is 10.6 Å². The maximum Gasteiger partial charge on any atom is 0.225 e. The van der Waals surface area contributed by atoms with Gasteiger partial charge in [-0.3, -0.25) is 9.59 Å². The number of carbonyl (C=O) groups excluding carboxylic acids is 2. The summed E-state index contributed by atoms with van der Waals surface area (Å²) in [5, 5.41) is 2.06. The molecule has 1 saturated heterocycles. The molecule has 1 unspecified atom stereocenters. The van der Waals surface area contributed by atoms with E-state index < -0.39 is 5.41 Å². The summed E-state index contributed by atoms with van der Waals surface area (Å²) < 4.78 is 0. The van der Waals surface area contributed by atoms with Crippen molar-refractivity contribution >= 4 is 23.2 Å². The highest BCUT2D eigenvalue weighted by Crippen LogP contribution is 2.35. The maximum atomic E-state index is 12.4. The number of nitrogens with two attached hydrogens (primary N) is 1. The quantitative estimate of drug-likeness (QED) is 0.839. The summed E-state index contributed by atoms with van der Waals surface area (Å²) in [5.41, 5.74) is 7.43. The van der Waals surface area contributed by atoms with Crippen LogP contribution in [0.15, 0.2) is 41.8 Å². The van der Waals surface area contributed by atoms with E-state index in [1.165, 1.54) is 4.88 Å². The van der Waals surface area contributed by atoms with Crippen LogP contribution in [-0.4, -0.2) is 29.8 Å². The van der Waals surface area contributed by atoms with Gasteiger partial charge in [0.15, 0.2) is 0 Å². The van der Waals surface area contributed by atoms with E-state index in [-0.39, 0.29) is 11.8 Å². The molecule has 0 radical (unpaired) electrons. The first-order chi connectivity index (χ1) is 12.5. The van der Waals surface area contributed by atoms with E-state index in [0.29, 0.717) is 19.4 Å². The van der Waals surface area contributed by atoms with Crippen LogP contribution >= 0.6 is 11.3 Å². The van der Waals surface area contributed by atoms with E-state index in [2.05, 4.69) is 29.6 Å². The normalized spacial score (nSPS) is 20.1. The number of hydrogen-bond donors (Lipinski definition) is 1. The summed E-state index contributed by atoms with van der Waals surface area (Å²) in [7, 11) is 0. The van der Waals surface area contributed by atoms with E-state index >= 15 is 0 Å². The molecule has 2 N–H and O–H groups in total. The summed E-state index contributed by atoms with van der Waals surface area (Å²) >= 11 is 1.70. The molecule has 0 spiro atoms. The van der Waals surface area contributed by atoms with Gasteiger partial charge in [0.05, 0.1) is 5.41 Å². The summed E-state index contributed by atoms with van der Waals surface area (Å²) in [6.45, 7) is 3.16. The van der Waals surface area contributed by atoms with Crippen molar-refractivity contribution in [2.24, 2.45) is 11.1 Å². The Hall–Kier alpha value is -2.14. The predicted octanol–water partition coefficient (Wildman–Crippen LogP) is 3.85. The van der Waals surface area contributed by atoms with Crippen LogP contribution in [-0.2, 0) is 16.0 Å². The minimum absolute atomic E-state index is 0.130. The van der Waals surface area contributed by atoms with Gasteiger partial charge in [0.1, 0.15) is 0 Å². The highest BCUT2D eigenvalue weighted by Gasteiger charge is 2.42. The standard InChI is InChI=1S/C21H26N2O2S/c1-2-6-19(24)23-11-5-10-21(15-23,20(22)25)14-16-7-3-8-17(13-16)18-9-4-12-26-18/h3-4,7-9,12-13H,2,5-6,10-11,14-15H2,1H3,(H2,22,25). The number of hydrogen-bond acceptors (Lipinski definition) is 3. The summed E-state index contributed by atoms with van der Waals surface area (Å²) in [5.74, 6) is -0.168. The molecule has 1 aromatic heterocycles. The van der Waals surface area contributed by atoms with Gasteiger partial charge in [-0.2, -0.15) is 0 Å². The van der Waals surface area contributed by atoms with Crippen LogP contribution in [0.5, 0.6) is 0 Å². The zero-order valence-corrected chi connectivity index (χ0v) is 16.1. The Bertz CT molecular complexity index is 772. The highest BCUT2D eigenvalue weighted by atomic mass is 32.1. The Balaban J connectivity index is 1.83. The van der Waals surface area contributed by atoms with Crippen LogP contribution in [0.2, 0.25) is 0 Å². The number of amides is 2. The first kappa shape index (κ1) is 18.6. The summed E-state index contributed by atoms with van der Waals surface area (Å²) in [6, 6.07) is 12.4. The molecule has 0 bridgehead atoms. The van der Waals surface area contributed by atoms with E-state index in [9.17, 15) is 9.59 Å². The molecule has 26 heavy (non-hydrogen) atoms. The molecule has 5 heteroatoms. The van der Waals surface area contributed by atoms with Crippen LogP contribution in [0.1, 0.15) is 38.2 Å². The first-order valence-corrected chi connectivity index (χ1v) is 10.1. The molecule has 1 atom stereocenters. The number of likely N-dealkylation sites (tertiary alicyclic amines) is 1. The largest absolute Gasteiger partial charge is 0.369 e. The van der Waals surface area contributed by atoms with E-state index in [1.54, 1.807) is 11.3 Å². The van der Waals surface area contributed by atoms with Crippen LogP contribution in [0.25, 0.3) is 10.4 Å². The average Bonchev–Trinajstić information content (AvgIpc) is 3.17. The Kier molecular flexibility index (Phi) is 5.77. The second-order valence-corrected chi connectivity index (χ2v) is 8.12. The molecule has 1 aliphatic heterocycles. The van der Waals surface area contributed by atoms with Crippen molar-refractivity contribution in [3.05, 3.63) is 47.3 Å². The van der Waals surface area contributed by atoms with E-state index in [1.807, 2.05) is 24.0 Å². The third kappa shape index (κ3) is 3.98. The molecule has 0 aliphatic carbocycles. The van der Waals surface area contributed by atoms with Gasteiger partial charge in [-0.1, -0.05) is 37.3 Å². The zero-order chi connectivity index (χ0) is 18.6. The van der Waals surface area contributed by atoms with Crippen LogP contribution in [0, 0.1) is 5.41 Å². The lowest BCUT2D eigenvalue weighted by atomic mass is 9.74. The number of nitrogens with zero attached hydrogens (tertiary/aromatic N) is 1. The number of rotatable bonds is 6. The van der Waals surface area contributed by atoms with Crippen LogP contribution in [0.3, 0.4) is 0 Å². The Morgan fingerprint density at radius 2 is 2.12 bits per heavy atom. The van der Waals surface area contributed by atoms with Gasteiger partial charge in [-0.25, -0.2) is 0 Å². The average molecular weight is 371 g/mol. The van der Waals surface area contributed by atoms with Gasteiger partial charge >= 0.3 is 0 Å². The second-order valence-electron chi connectivity index (χ2n) is 7.17. The van der Waals surface area contributed by atoms with Gasteiger partial charge in [0, 0.05) is 24.4 Å². The van der Waals surface area contributed by atoms with Crippen molar-refractivity contribution in [1.29, 1.82) is 0 Å². The highest BCUT2D eigenvalue weighted by molar-refractivity contribution is 7.13. The van der Waals surface area contributed by atoms with E-state index in [0.717, 1.165) is 36.9 Å². The molecule has 138 valence electrons. The number of piperidine rings is 1. The maximum absolute atomic E-state index is 12.4. The Morgan fingerprint density at radius 3 is 2.81 bits per heavy atom. The molecule has 1 fully saturated rings. The van der Waals surface area contributed by atoms with Crippen LogP contribution in [0.4, 0.5) is 0 Å². The van der Waals surface area contributed by atoms with Gasteiger partial charge in [0.2, 0.25) is 11.8 Å². The second kappa shape index (κ2) is 8.04. The third-order valence-corrected chi connectivity index (χ3v) is 6.11. The number of benzene rings is 1. The first-order valence-electron chi connectivity index (χ1n) is 9.24. The minimum Gasteiger partial charge on any atom is -0.369 e. The predicted molar refractivity (Wildman–Crippen MR) is 106 cm³/mol. The Morgan fingerprint density at radius 1 is 1.27 bits per heavy atom. The molecular formula is C21H26N2O2S. The number of carbonyl (C=O) groups is 2. The third-order valence-electron chi connectivity index (χ3n) is 5.19. The van der Waals surface area contributed by atoms with Crippen molar-refractivity contribution in [2.75, 3.05) is 13.1 Å². The molecule has 4 nitrogen and oxygen atoms in total. The molecule has 2 aromatic rings. The van der Waals surface area contributed by atoms with E-state index in [4.69, 9.17) is 5.73 Å². The Labute approximate surface area is 159 Å². The van der Waals surface area contributed by atoms with Crippen molar-refractivity contribution in [3.63, 3.8) is 0 Å². The fraction of sp³-hybridized carbons (Fsp3) is 0.429. The van der Waals surface area contributed by atoms with Crippen molar-refractivity contribution in [2.45, 2.75) is 39.0 Å². The van der Waals surface area contributed by atoms with Gasteiger partial charge in [0.25, 0.3) is 0 Å². The lowest BCUT2D eigenvalue weighted by molar-refractivity contribution is -0.140. The van der Waals surface area contributed by atoms with Crippen molar-refractivity contribution in [3.8, 4) is 10.4 Å². The monoisotopic (exact) mass is 370 g/mol. The van der Waals surface area contributed by atoms with Crippen LogP contribution < -0.4 is 5.73 Å². The molecular weight excluding hydrogens is 344 g/mol. The fourth-order valence-corrected chi connectivity index (χ4v) is 4.54. The fourth-order valence-electron chi connectivity index (χ4n) is 3.82. The lowest BCUT2D eigenvalue weighted by Crippen LogP contribution is -2.53. The zero-order valence-electron chi connectivity index (χ0n) is 15.2. The lowest BCUT2D eigenvalue weighted by Gasteiger charge is -2.41. The molecule has 2 amide bonds. The molecule has 0 saturated carbocycles. The van der Waals surface area contributed by atoms with Crippen molar-refractivity contribution in [1.82, 2.24) is 4.90 Å². The van der Waals surface area contributed by atoms with Crippen molar-refractivity contribution < 1.29 is 9.59 Å².